The second-order valence-electron chi connectivity index (χ2n) is 5.01. The van der Waals surface area contributed by atoms with Gasteiger partial charge in [0.05, 0.1) is 12.3 Å². The highest BCUT2D eigenvalue weighted by molar-refractivity contribution is 7.99. The van der Waals surface area contributed by atoms with Crippen LogP contribution in [0.4, 0.5) is 0 Å². The van der Waals surface area contributed by atoms with Crippen LogP contribution >= 0.6 is 11.8 Å². The molecule has 1 saturated heterocycles. The molecule has 118 valence electrons. The van der Waals surface area contributed by atoms with Gasteiger partial charge in [-0.1, -0.05) is 18.7 Å². The van der Waals surface area contributed by atoms with Crippen LogP contribution in [0.1, 0.15) is 6.92 Å². The minimum absolute atomic E-state index is 0.161. The van der Waals surface area contributed by atoms with E-state index in [1.807, 2.05) is 4.90 Å². The van der Waals surface area contributed by atoms with E-state index in [2.05, 4.69) is 39.7 Å². The van der Waals surface area contributed by atoms with Gasteiger partial charge in [-0.2, -0.15) is 0 Å². The van der Waals surface area contributed by atoms with Crippen LogP contribution < -0.4 is 5.32 Å². The quantitative estimate of drug-likeness (QED) is 0.519. The van der Waals surface area contributed by atoms with Gasteiger partial charge in [-0.25, -0.2) is 4.68 Å². The Morgan fingerprint density at radius 1 is 1.33 bits per heavy atom. The lowest BCUT2D eigenvalue weighted by Crippen LogP contribution is -2.47. The summed E-state index contributed by atoms with van der Waals surface area (Å²) in [6.07, 6.45) is 0. The first-order valence-electron chi connectivity index (χ1n) is 7.26. The van der Waals surface area contributed by atoms with Crippen LogP contribution in [-0.4, -0.2) is 88.0 Å². The van der Waals surface area contributed by atoms with Crippen molar-refractivity contribution in [3.05, 3.63) is 0 Å². The van der Waals surface area contributed by atoms with Crippen LogP contribution in [0.15, 0.2) is 5.16 Å². The molecule has 0 unspecified atom stereocenters. The number of carbonyl (C=O) groups is 1. The van der Waals surface area contributed by atoms with Gasteiger partial charge in [0.2, 0.25) is 11.1 Å². The summed E-state index contributed by atoms with van der Waals surface area (Å²) in [5.41, 5.74) is 0. The van der Waals surface area contributed by atoms with Crippen molar-refractivity contribution in [2.75, 3.05) is 52.1 Å². The molecule has 0 atom stereocenters. The zero-order valence-electron chi connectivity index (χ0n) is 12.7. The van der Waals surface area contributed by atoms with Crippen molar-refractivity contribution in [2.24, 2.45) is 0 Å². The molecular weight excluding hydrogens is 290 g/mol. The summed E-state index contributed by atoms with van der Waals surface area (Å²) in [6, 6.07) is 0. The fourth-order valence-electron chi connectivity index (χ4n) is 2.08. The molecule has 0 bridgehead atoms. The zero-order valence-corrected chi connectivity index (χ0v) is 13.5. The van der Waals surface area contributed by atoms with E-state index in [1.165, 1.54) is 11.8 Å². The third-order valence-corrected chi connectivity index (χ3v) is 4.37. The molecule has 0 saturated carbocycles. The average molecular weight is 313 g/mol. The number of amides is 1. The maximum absolute atomic E-state index is 12.2. The molecule has 0 aromatic carbocycles. The molecule has 21 heavy (non-hydrogen) atoms. The highest BCUT2D eigenvalue weighted by Gasteiger charge is 2.19. The normalized spacial score (nSPS) is 16.4. The molecule has 0 spiro atoms. The largest absolute Gasteiger partial charge is 0.339 e. The van der Waals surface area contributed by atoms with Gasteiger partial charge in [-0.15, -0.1) is 5.10 Å². The molecule has 1 amide bonds. The second-order valence-corrected chi connectivity index (χ2v) is 5.95. The van der Waals surface area contributed by atoms with Gasteiger partial charge >= 0.3 is 0 Å². The second kappa shape index (κ2) is 8.30. The number of nitrogens with zero attached hydrogens (tertiary/aromatic N) is 6. The summed E-state index contributed by atoms with van der Waals surface area (Å²) in [7, 11) is 2.08. The molecule has 1 aliphatic rings. The highest BCUT2D eigenvalue weighted by atomic mass is 32.2. The predicted octanol–water partition coefficient (Wildman–Crippen LogP) is -0.851. The molecule has 2 rings (SSSR count). The van der Waals surface area contributed by atoms with Crippen LogP contribution in [0.25, 0.3) is 0 Å². The van der Waals surface area contributed by atoms with Gasteiger partial charge in [0.1, 0.15) is 0 Å². The number of rotatable bonds is 7. The molecule has 9 heteroatoms. The highest BCUT2D eigenvalue weighted by Crippen LogP contribution is 2.14. The Kier molecular flexibility index (Phi) is 6.40. The number of piperazine rings is 1. The molecule has 0 aliphatic carbocycles. The lowest BCUT2D eigenvalue weighted by atomic mass is 10.3. The minimum Gasteiger partial charge on any atom is -0.339 e. The molecule has 1 fully saturated rings. The van der Waals surface area contributed by atoms with Gasteiger partial charge < -0.3 is 15.1 Å². The van der Waals surface area contributed by atoms with E-state index in [0.29, 0.717) is 17.5 Å². The van der Waals surface area contributed by atoms with Crippen LogP contribution in [0.2, 0.25) is 0 Å². The molecule has 1 aromatic rings. The first-order valence-corrected chi connectivity index (χ1v) is 8.25. The topological polar surface area (TPSA) is 79.2 Å². The Labute approximate surface area is 129 Å². The number of hydrogen-bond acceptors (Lipinski definition) is 7. The number of tetrazole rings is 1. The van der Waals surface area contributed by atoms with E-state index < -0.39 is 0 Å². The molecular formula is C12H23N7OS. The minimum atomic E-state index is 0.161. The van der Waals surface area contributed by atoms with Gasteiger partial charge in [-0.05, 0) is 24.0 Å². The fourth-order valence-corrected chi connectivity index (χ4v) is 2.88. The summed E-state index contributed by atoms with van der Waals surface area (Å²) in [6.45, 7) is 8.01. The molecule has 8 nitrogen and oxygen atoms in total. The smallest absolute Gasteiger partial charge is 0.233 e. The Morgan fingerprint density at radius 2 is 2.10 bits per heavy atom. The summed E-state index contributed by atoms with van der Waals surface area (Å²) < 4.78 is 1.74. The monoisotopic (exact) mass is 313 g/mol. The Morgan fingerprint density at radius 3 is 2.81 bits per heavy atom. The van der Waals surface area contributed by atoms with Gasteiger partial charge in [0.15, 0.2) is 0 Å². The maximum atomic E-state index is 12.2. The Balaban J connectivity index is 1.77. The first kappa shape index (κ1) is 16.2. The van der Waals surface area contributed by atoms with Crippen molar-refractivity contribution in [3.63, 3.8) is 0 Å². The number of thioether (sulfide) groups is 1. The number of aromatic nitrogens is 4. The lowest BCUT2D eigenvalue weighted by molar-refractivity contribution is -0.129. The molecule has 1 aromatic heterocycles. The van der Waals surface area contributed by atoms with Crippen LogP contribution in [-0.2, 0) is 11.3 Å². The number of likely N-dealkylation sites (N-methyl/N-ethyl adjacent to an activating group) is 2. The van der Waals surface area contributed by atoms with Crippen molar-refractivity contribution in [1.82, 2.24) is 35.3 Å². The van der Waals surface area contributed by atoms with Gasteiger partial charge in [-0.3, -0.25) is 4.79 Å². The lowest BCUT2D eigenvalue weighted by Gasteiger charge is -2.32. The van der Waals surface area contributed by atoms with Crippen molar-refractivity contribution in [1.29, 1.82) is 0 Å². The average Bonchev–Trinajstić information content (AvgIpc) is 2.93. The predicted molar refractivity (Wildman–Crippen MR) is 81.2 cm³/mol. The number of carbonyl (C=O) groups excluding carboxylic acids is 1. The van der Waals surface area contributed by atoms with Crippen molar-refractivity contribution in [3.8, 4) is 0 Å². The van der Waals surface area contributed by atoms with E-state index in [4.69, 9.17) is 0 Å². The van der Waals surface area contributed by atoms with Gasteiger partial charge in [0, 0.05) is 32.7 Å². The fraction of sp³-hybridized carbons (Fsp3) is 0.833. The summed E-state index contributed by atoms with van der Waals surface area (Å²) in [4.78, 5) is 16.3. The molecule has 1 aliphatic heterocycles. The van der Waals surface area contributed by atoms with E-state index in [0.717, 1.165) is 39.3 Å². The van der Waals surface area contributed by atoms with Crippen molar-refractivity contribution in [2.45, 2.75) is 18.6 Å². The van der Waals surface area contributed by atoms with E-state index in [9.17, 15) is 4.79 Å². The molecule has 2 heterocycles. The van der Waals surface area contributed by atoms with Crippen LogP contribution in [0.5, 0.6) is 0 Å². The number of hydrogen-bond donors (Lipinski definition) is 1. The van der Waals surface area contributed by atoms with Crippen molar-refractivity contribution >= 4 is 17.7 Å². The Bertz CT molecular complexity index is 445. The van der Waals surface area contributed by atoms with Crippen LogP contribution in [0, 0.1) is 0 Å². The van der Waals surface area contributed by atoms with Gasteiger partial charge in [0.25, 0.3) is 0 Å². The summed E-state index contributed by atoms with van der Waals surface area (Å²) >= 11 is 1.41. The third kappa shape index (κ3) is 4.94. The van der Waals surface area contributed by atoms with E-state index in [-0.39, 0.29) is 5.91 Å². The summed E-state index contributed by atoms with van der Waals surface area (Å²) in [5, 5.41) is 15.6. The van der Waals surface area contributed by atoms with E-state index >= 15 is 0 Å². The van der Waals surface area contributed by atoms with Crippen molar-refractivity contribution < 1.29 is 4.79 Å². The molecule has 0 radical (unpaired) electrons. The molecule has 1 N–H and O–H groups in total. The number of nitrogens with one attached hydrogen (secondary N) is 1. The SMILES string of the molecule is CCNCCn1nnnc1SCC(=O)N1CCN(C)CC1. The standard InChI is InChI=1S/C12H23N7OS/c1-3-13-4-5-19-12(14-15-16-19)21-10-11(20)18-8-6-17(2)7-9-18/h13H,3-10H2,1-2H3. The summed E-state index contributed by atoms with van der Waals surface area (Å²) in [5.74, 6) is 0.556. The third-order valence-electron chi connectivity index (χ3n) is 3.43. The first-order chi connectivity index (χ1) is 10.2. The van der Waals surface area contributed by atoms with Crippen LogP contribution in [0.3, 0.4) is 0 Å². The zero-order chi connectivity index (χ0) is 15.1. The maximum Gasteiger partial charge on any atom is 0.233 e. The van der Waals surface area contributed by atoms with E-state index in [1.54, 1.807) is 4.68 Å². The Hall–Kier alpha value is -1.19.